The molecule has 0 aliphatic carbocycles. The Hall–Kier alpha value is -1.49. The molecule has 0 radical (unpaired) electrons. The molecule has 0 atom stereocenters. The Morgan fingerprint density at radius 3 is 2.81 bits per heavy atom. The van der Waals surface area contributed by atoms with E-state index in [-0.39, 0.29) is 5.91 Å². The maximum Gasteiger partial charge on any atom is 0.272 e. The van der Waals surface area contributed by atoms with Crippen molar-refractivity contribution >= 4 is 5.91 Å². The van der Waals surface area contributed by atoms with Crippen LogP contribution >= 0.6 is 0 Å². The number of aromatic nitrogens is 1. The Balaban J connectivity index is 2.19. The molecule has 0 unspecified atom stereocenters. The highest BCUT2D eigenvalue weighted by Crippen LogP contribution is 2.10. The van der Waals surface area contributed by atoms with Gasteiger partial charge in [0.1, 0.15) is 11.5 Å². The predicted molar refractivity (Wildman–Crippen MR) is 55.7 cm³/mol. The molecule has 5 heteroatoms. The van der Waals surface area contributed by atoms with Gasteiger partial charge in [0.25, 0.3) is 5.91 Å². The molecule has 1 fully saturated rings. The number of nitrogens with zero attached hydrogens (tertiary/aromatic N) is 2. The average molecular weight is 224 g/mol. The summed E-state index contributed by atoms with van der Waals surface area (Å²) >= 11 is 0. The summed E-state index contributed by atoms with van der Waals surface area (Å²) in [6.45, 7) is 3.91. The summed E-state index contributed by atoms with van der Waals surface area (Å²) < 4.78 is 18.0. The molecule has 2 heterocycles. The van der Waals surface area contributed by atoms with Crippen molar-refractivity contribution in [2.75, 3.05) is 26.3 Å². The van der Waals surface area contributed by atoms with Crippen LogP contribution in [0, 0.1) is 12.7 Å². The van der Waals surface area contributed by atoms with Crippen molar-refractivity contribution in [1.82, 2.24) is 9.88 Å². The van der Waals surface area contributed by atoms with E-state index in [2.05, 4.69) is 4.98 Å². The molecule has 1 aromatic rings. The molecule has 1 aliphatic rings. The summed E-state index contributed by atoms with van der Waals surface area (Å²) in [7, 11) is 0. The van der Waals surface area contributed by atoms with Crippen LogP contribution in [-0.4, -0.2) is 42.1 Å². The number of halogens is 1. The number of rotatable bonds is 1. The van der Waals surface area contributed by atoms with Gasteiger partial charge in [-0.3, -0.25) is 4.79 Å². The largest absolute Gasteiger partial charge is 0.378 e. The maximum atomic E-state index is 12.8. The van der Waals surface area contributed by atoms with E-state index < -0.39 is 5.82 Å². The smallest absolute Gasteiger partial charge is 0.272 e. The monoisotopic (exact) mass is 224 g/mol. The molecule has 0 aromatic carbocycles. The van der Waals surface area contributed by atoms with Gasteiger partial charge < -0.3 is 9.64 Å². The van der Waals surface area contributed by atoms with E-state index in [4.69, 9.17) is 4.74 Å². The molecule has 1 aliphatic heterocycles. The summed E-state index contributed by atoms with van der Waals surface area (Å²) in [6.07, 6.45) is 1.07. The Kier molecular flexibility index (Phi) is 3.14. The number of hydrogen-bond acceptors (Lipinski definition) is 3. The van der Waals surface area contributed by atoms with Gasteiger partial charge in [-0.05, 0) is 18.6 Å². The molecular weight excluding hydrogens is 211 g/mol. The first-order valence-electron chi connectivity index (χ1n) is 5.17. The van der Waals surface area contributed by atoms with Crippen LogP contribution in [0.3, 0.4) is 0 Å². The third-order valence-electron chi connectivity index (χ3n) is 2.55. The number of aryl methyl sites for hydroxylation is 1. The fraction of sp³-hybridized carbons (Fsp3) is 0.455. The number of pyridine rings is 1. The third-order valence-corrected chi connectivity index (χ3v) is 2.55. The first-order valence-corrected chi connectivity index (χ1v) is 5.17. The Morgan fingerprint density at radius 1 is 1.50 bits per heavy atom. The van der Waals surface area contributed by atoms with Gasteiger partial charge in [0.05, 0.1) is 19.4 Å². The van der Waals surface area contributed by atoms with Crippen molar-refractivity contribution in [2.24, 2.45) is 0 Å². The van der Waals surface area contributed by atoms with Crippen LogP contribution in [0.4, 0.5) is 4.39 Å². The molecule has 0 spiro atoms. The molecule has 86 valence electrons. The van der Waals surface area contributed by atoms with Gasteiger partial charge in [-0.1, -0.05) is 0 Å². The van der Waals surface area contributed by atoms with Crippen molar-refractivity contribution in [3.05, 3.63) is 29.3 Å². The zero-order valence-corrected chi connectivity index (χ0v) is 9.07. The number of carbonyl (C=O) groups excluding carboxylic acids is 1. The van der Waals surface area contributed by atoms with Crippen molar-refractivity contribution in [3.63, 3.8) is 0 Å². The quantitative estimate of drug-likeness (QED) is 0.714. The van der Waals surface area contributed by atoms with Gasteiger partial charge in [0.2, 0.25) is 0 Å². The molecule has 1 amide bonds. The van der Waals surface area contributed by atoms with Gasteiger partial charge in [0, 0.05) is 13.1 Å². The number of carbonyl (C=O) groups is 1. The summed E-state index contributed by atoms with van der Waals surface area (Å²) in [4.78, 5) is 17.5. The normalized spacial score (nSPS) is 16.2. The minimum absolute atomic E-state index is 0.152. The average Bonchev–Trinajstić information content (AvgIpc) is 2.29. The van der Waals surface area contributed by atoms with Crippen molar-refractivity contribution in [2.45, 2.75) is 6.92 Å². The van der Waals surface area contributed by atoms with E-state index in [1.807, 2.05) is 0 Å². The standard InChI is InChI=1S/C11H13FN2O2/c1-8-6-9(12)7-13-10(8)11(15)14-2-4-16-5-3-14/h6-7H,2-5H2,1H3. The molecule has 2 rings (SSSR count). The van der Waals surface area contributed by atoms with E-state index >= 15 is 0 Å². The number of amides is 1. The number of hydrogen-bond donors (Lipinski definition) is 0. The second kappa shape index (κ2) is 4.57. The predicted octanol–water partition coefficient (Wildman–Crippen LogP) is 1.00. The van der Waals surface area contributed by atoms with Crippen LogP contribution < -0.4 is 0 Å². The summed E-state index contributed by atoms with van der Waals surface area (Å²) in [5.41, 5.74) is 0.889. The summed E-state index contributed by atoms with van der Waals surface area (Å²) in [5, 5.41) is 0. The fourth-order valence-electron chi connectivity index (χ4n) is 1.68. The van der Waals surface area contributed by atoms with Crippen LogP contribution in [-0.2, 0) is 4.74 Å². The summed E-state index contributed by atoms with van der Waals surface area (Å²) in [5.74, 6) is -0.572. The SMILES string of the molecule is Cc1cc(F)cnc1C(=O)N1CCOCC1. The van der Waals surface area contributed by atoms with Crippen molar-refractivity contribution in [1.29, 1.82) is 0 Å². The Morgan fingerprint density at radius 2 is 2.19 bits per heavy atom. The summed E-state index contributed by atoms with van der Waals surface area (Å²) in [6, 6.07) is 1.32. The van der Waals surface area contributed by atoms with Crippen LogP contribution in [0.2, 0.25) is 0 Å². The third kappa shape index (κ3) is 2.19. The lowest BCUT2D eigenvalue weighted by atomic mass is 10.2. The Labute approximate surface area is 93.0 Å². The highest BCUT2D eigenvalue weighted by atomic mass is 19.1. The van der Waals surface area contributed by atoms with E-state index in [1.165, 1.54) is 6.07 Å². The molecule has 0 bridgehead atoms. The van der Waals surface area contributed by atoms with E-state index in [1.54, 1.807) is 11.8 Å². The molecule has 4 nitrogen and oxygen atoms in total. The van der Waals surface area contributed by atoms with Gasteiger partial charge in [0.15, 0.2) is 0 Å². The maximum absolute atomic E-state index is 12.8. The van der Waals surface area contributed by atoms with E-state index in [9.17, 15) is 9.18 Å². The van der Waals surface area contributed by atoms with Gasteiger partial charge in [-0.15, -0.1) is 0 Å². The Bertz CT molecular complexity index is 403. The fourth-order valence-corrected chi connectivity index (χ4v) is 1.68. The minimum atomic E-state index is -0.420. The zero-order valence-electron chi connectivity index (χ0n) is 9.07. The molecular formula is C11H13FN2O2. The van der Waals surface area contributed by atoms with Gasteiger partial charge in [-0.2, -0.15) is 0 Å². The lowest BCUT2D eigenvalue weighted by Gasteiger charge is -2.26. The molecule has 16 heavy (non-hydrogen) atoms. The minimum Gasteiger partial charge on any atom is -0.378 e. The van der Waals surface area contributed by atoms with Crippen LogP contribution in [0.1, 0.15) is 16.1 Å². The van der Waals surface area contributed by atoms with Gasteiger partial charge >= 0.3 is 0 Å². The second-order valence-corrected chi connectivity index (χ2v) is 3.72. The first-order chi connectivity index (χ1) is 7.68. The second-order valence-electron chi connectivity index (χ2n) is 3.72. The van der Waals surface area contributed by atoms with Crippen LogP contribution in [0.5, 0.6) is 0 Å². The lowest BCUT2D eigenvalue weighted by molar-refractivity contribution is 0.0298. The molecule has 1 saturated heterocycles. The van der Waals surface area contributed by atoms with Crippen LogP contribution in [0.15, 0.2) is 12.3 Å². The van der Waals surface area contributed by atoms with Crippen molar-refractivity contribution in [3.8, 4) is 0 Å². The number of morpholine rings is 1. The first kappa shape index (κ1) is 11.0. The molecule has 0 saturated carbocycles. The van der Waals surface area contributed by atoms with E-state index in [0.29, 0.717) is 37.6 Å². The lowest BCUT2D eigenvalue weighted by Crippen LogP contribution is -2.41. The topological polar surface area (TPSA) is 42.4 Å². The number of ether oxygens (including phenoxy) is 1. The van der Waals surface area contributed by atoms with Crippen LogP contribution in [0.25, 0.3) is 0 Å². The zero-order chi connectivity index (χ0) is 11.5. The highest BCUT2D eigenvalue weighted by molar-refractivity contribution is 5.93. The van der Waals surface area contributed by atoms with Gasteiger partial charge in [-0.25, -0.2) is 9.37 Å². The highest BCUT2D eigenvalue weighted by Gasteiger charge is 2.21. The van der Waals surface area contributed by atoms with Crippen molar-refractivity contribution < 1.29 is 13.9 Å². The molecule has 1 aromatic heterocycles. The molecule has 0 N–H and O–H groups in total. The van der Waals surface area contributed by atoms with E-state index in [0.717, 1.165) is 6.20 Å².